The second-order valence-electron chi connectivity index (χ2n) is 6.96. The highest BCUT2D eigenvalue weighted by Gasteiger charge is 2.17. The van der Waals surface area contributed by atoms with Crippen molar-refractivity contribution in [3.05, 3.63) is 48.3 Å². The lowest BCUT2D eigenvalue weighted by atomic mass is 9.93. The van der Waals surface area contributed by atoms with Gasteiger partial charge >= 0.3 is 0 Å². The van der Waals surface area contributed by atoms with Gasteiger partial charge in [-0.15, -0.1) is 23.7 Å². The third-order valence-corrected chi connectivity index (χ3v) is 6.09. The van der Waals surface area contributed by atoms with Crippen LogP contribution < -0.4 is 10.6 Å². The smallest absolute Gasteiger partial charge is 0.224 e. The Morgan fingerprint density at radius 3 is 2.79 bits per heavy atom. The van der Waals surface area contributed by atoms with Gasteiger partial charge < -0.3 is 10.6 Å². The van der Waals surface area contributed by atoms with E-state index in [1.54, 1.807) is 6.07 Å². The van der Waals surface area contributed by atoms with E-state index in [9.17, 15) is 9.18 Å². The first kappa shape index (κ1) is 20.7. The number of nitrogens with one attached hydrogen (secondary N) is 2. The van der Waals surface area contributed by atoms with Crippen molar-refractivity contribution >= 4 is 45.6 Å². The van der Waals surface area contributed by atoms with Gasteiger partial charge in [-0.05, 0) is 68.6 Å². The van der Waals surface area contributed by atoms with Crippen LogP contribution >= 0.6 is 23.7 Å². The number of rotatable bonds is 5. The van der Waals surface area contributed by atoms with Crippen LogP contribution in [0, 0.1) is 11.7 Å². The first-order chi connectivity index (χ1) is 13.2. The van der Waals surface area contributed by atoms with Gasteiger partial charge in [0.25, 0.3) is 0 Å². The van der Waals surface area contributed by atoms with Crippen LogP contribution in [0.15, 0.2) is 42.5 Å². The van der Waals surface area contributed by atoms with E-state index < -0.39 is 0 Å². The van der Waals surface area contributed by atoms with E-state index in [0.717, 1.165) is 42.6 Å². The Balaban J connectivity index is 0.00000225. The van der Waals surface area contributed by atoms with Crippen LogP contribution in [0.3, 0.4) is 0 Å². The fourth-order valence-electron chi connectivity index (χ4n) is 3.51. The fourth-order valence-corrected chi connectivity index (χ4v) is 4.50. The molecule has 0 spiro atoms. The molecule has 1 aliphatic heterocycles. The van der Waals surface area contributed by atoms with Crippen molar-refractivity contribution in [2.24, 2.45) is 5.92 Å². The summed E-state index contributed by atoms with van der Waals surface area (Å²) >= 11 is 1.50. The lowest BCUT2D eigenvalue weighted by molar-refractivity contribution is -0.116. The third-order valence-electron chi connectivity index (χ3n) is 5.02. The third kappa shape index (κ3) is 4.87. The van der Waals surface area contributed by atoms with Crippen molar-refractivity contribution in [3.63, 3.8) is 0 Å². The highest BCUT2D eigenvalue weighted by atomic mass is 35.5. The number of benzene rings is 2. The van der Waals surface area contributed by atoms with Crippen molar-refractivity contribution < 1.29 is 9.18 Å². The van der Waals surface area contributed by atoms with E-state index in [-0.39, 0.29) is 24.1 Å². The monoisotopic (exact) mass is 419 g/mol. The van der Waals surface area contributed by atoms with Gasteiger partial charge in [0.05, 0.1) is 15.9 Å². The predicted octanol–water partition coefficient (Wildman–Crippen LogP) is 5.24. The quantitative estimate of drug-likeness (QED) is 0.594. The fraction of sp³-hybridized carbons (Fsp3) is 0.333. The second-order valence-corrected chi connectivity index (χ2v) is 7.99. The van der Waals surface area contributed by atoms with Gasteiger partial charge in [-0.25, -0.2) is 9.37 Å². The molecule has 1 saturated heterocycles. The standard InChI is InChI=1S/C21H22FN3OS.ClH/c22-15-6-7-17(24-20(26)8-5-14-9-11-23-12-10-14)16(13-15)21-25-18-3-1-2-4-19(18)27-21;/h1-4,6-7,13-14,23H,5,8-12H2,(H,24,26);1H. The Hall–Kier alpha value is -2.02. The maximum atomic E-state index is 13.9. The zero-order valence-electron chi connectivity index (χ0n) is 15.4. The average Bonchev–Trinajstić information content (AvgIpc) is 3.12. The minimum Gasteiger partial charge on any atom is -0.325 e. The molecule has 2 aromatic carbocycles. The largest absolute Gasteiger partial charge is 0.325 e. The molecule has 0 bridgehead atoms. The molecule has 0 aliphatic carbocycles. The first-order valence-corrected chi connectivity index (χ1v) is 10.2. The predicted molar refractivity (Wildman–Crippen MR) is 116 cm³/mol. The summed E-state index contributed by atoms with van der Waals surface area (Å²) in [5.74, 6) is 0.244. The number of aromatic nitrogens is 1. The molecular weight excluding hydrogens is 397 g/mol. The van der Waals surface area contributed by atoms with Crippen LogP contribution in [-0.2, 0) is 4.79 Å². The van der Waals surface area contributed by atoms with Gasteiger partial charge in [0.2, 0.25) is 5.91 Å². The molecule has 1 aliphatic rings. The lowest BCUT2D eigenvalue weighted by Gasteiger charge is -2.22. The molecule has 2 N–H and O–H groups in total. The van der Waals surface area contributed by atoms with Gasteiger partial charge in [0.15, 0.2) is 0 Å². The van der Waals surface area contributed by atoms with E-state index >= 15 is 0 Å². The number of anilines is 1. The topological polar surface area (TPSA) is 54.0 Å². The van der Waals surface area contributed by atoms with E-state index in [2.05, 4.69) is 15.6 Å². The Morgan fingerprint density at radius 2 is 2.00 bits per heavy atom. The maximum Gasteiger partial charge on any atom is 0.224 e. The lowest BCUT2D eigenvalue weighted by Crippen LogP contribution is -2.28. The number of piperidine rings is 1. The summed E-state index contributed by atoms with van der Waals surface area (Å²) in [5, 5.41) is 7.02. The summed E-state index contributed by atoms with van der Waals surface area (Å²) in [4.78, 5) is 17.1. The molecule has 28 heavy (non-hydrogen) atoms. The zero-order chi connectivity index (χ0) is 18.6. The number of amides is 1. The van der Waals surface area contributed by atoms with Crippen molar-refractivity contribution in [2.75, 3.05) is 18.4 Å². The molecule has 0 unspecified atom stereocenters. The molecule has 0 radical (unpaired) electrons. The van der Waals surface area contributed by atoms with E-state index in [4.69, 9.17) is 0 Å². The van der Waals surface area contributed by atoms with Crippen LogP contribution in [0.4, 0.5) is 10.1 Å². The molecule has 4 nitrogen and oxygen atoms in total. The van der Waals surface area contributed by atoms with Crippen molar-refractivity contribution in [1.29, 1.82) is 0 Å². The number of halogens is 2. The number of fused-ring (bicyclic) bond motifs is 1. The highest BCUT2D eigenvalue weighted by Crippen LogP contribution is 2.35. The Bertz CT molecular complexity index is 923. The summed E-state index contributed by atoms with van der Waals surface area (Å²) < 4.78 is 14.9. The number of hydrogen-bond acceptors (Lipinski definition) is 4. The normalized spacial score (nSPS) is 14.6. The van der Waals surface area contributed by atoms with Crippen molar-refractivity contribution in [3.8, 4) is 10.6 Å². The highest BCUT2D eigenvalue weighted by molar-refractivity contribution is 7.21. The number of carbonyl (C=O) groups is 1. The maximum absolute atomic E-state index is 13.9. The van der Waals surface area contributed by atoms with Crippen LogP contribution in [0.2, 0.25) is 0 Å². The second kappa shape index (κ2) is 9.45. The van der Waals surface area contributed by atoms with Gasteiger partial charge in [0.1, 0.15) is 10.8 Å². The molecular formula is C21H23ClFN3OS. The first-order valence-electron chi connectivity index (χ1n) is 9.35. The SMILES string of the molecule is Cl.O=C(CCC1CCNCC1)Nc1ccc(F)cc1-c1nc2ccccc2s1. The number of para-hydroxylation sites is 1. The summed E-state index contributed by atoms with van der Waals surface area (Å²) in [6.45, 7) is 2.07. The van der Waals surface area contributed by atoms with Crippen molar-refractivity contribution in [2.45, 2.75) is 25.7 Å². The summed E-state index contributed by atoms with van der Waals surface area (Å²) in [6.07, 6.45) is 3.63. The van der Waals surface area contributed by atoms with Crippen LogP contribution in [0.5, 0.6) is 0 Å². The minimum atomic E-state index is -0.336. The molecule has 1 aromatic heterocycles. The van der Waals surface area contributed by atoms with Crippen molar-refractivity contribution in [1.82, 2.24) is 10.3 Å². The molecule has 0 saturated carbocycles. The molecule has 1 amide bonds. The Morgan fingerprint density at radius 1 is 1.21 bits per heavy atom. The number of carbonyl (C=O) groups excluding carboxylic acids is 1. The minimum absolute atomic E-state index is 0. The summed E-state index contributed by atoms with van der Waals surface area (Å²) in [7, 11) is 0. The van der Waals surface area contributed by atoms with Crippen LogP contribution in [0.1, 0.15) is 25.7 Å². The van der Waals surface area contributed by atoms with Crippen LogP contribution in [-0.4, -0.2) is 24.0 Å². The van der Waals surface area contributed by atoms with Crippen LogP contribution in [0.25, 0.3) is 20.8 Å². The average molecular weight is 420 g/mol. The van der Waals surface area contributed by atoms with Gasteiger partial charge in [-0.3, -0.25) is 4.79 Å². The molecule has 2 heterocycles. The molecule has 148 valence electrons. The molecule has 0 atom stereocenters. The molecule has 1 fully saturated rings. The summed E-state index contributed by atoms with van der Waals surface area (Å²) in [5.41, 5.74) is 2.13. The molecule has 3 aromatic rings. The van der Waals surface area contributed by atoms with Gasteiger partial charge in [-0.2, -0.15) is 0 Å². The van der Waals surface area contributed by atoms with E-state index in [1.165, 1.54) is 23.5 Å². The molecule has 4 rings (SSSR count). The summed E-state index contributed by atoms with van der Waals surface area (Å²) in [6, 6.07) is 12.3. The molecule has 7 heteroatoms. The zero-order valence-corrected chi connectivity index (χ0v) is 17.0. The van der Waals surface area contributed by atoms with E-state index in [1.807, 2.05) is 24.3 Å². The number of hydrogen-bond donors (Lipinski definition) is 2. The Labute approximate surface area is 174 Å². The number of nitrogens with zero attached hydrogens (tertiary/aromatic N) is 1. The Kier molecular flexibility index (Phi) is 6.99. The van der Waals surface area contributed by atoms with E-state index in [0.29, 0.717) is 28.6 Å². The van der Waals surface area contributed by atoms with Gasteiger partial charge in [0, 0.05) is 12.0 Å². The van der Waals surface area contributed by atoms with Gasteiger partial charge in [-0.1, -0.05) is 12.1 Å². The number of thiazole rings is 1.